The lowest BCUT2D eigenvalue weighted by molar-refractivity contribution is 0.106. The van der Waals surface area contributed by atoms with Gasteiger partial charge in [0.1, 0.15) is 0 Å². The van der Waals surface area contributed by atoms with Crippen molar-refractivity contribution >= 4 is 11.6 Å². The van der Waals surface area contributed by atoms with Gasteiger partial charge in [-0.1, -0.05) is 0 Å². The van der Waals surface area contributed by atoms with Gasteiger partial charge in [-0.25, -0.2) is 0 Å². The maximum absolute atomic E-state index is 5.99. The molecule has 1 rings (SSSR count). The molecule has 0 spiro atoms. The number of piperidine rings is 1. The molecule has 1 heterocycles. The van der Waals surface area contributed by atoms with E-state index in [0.717, 1.165) is 45.7 Å². The average Bonchev–Trinajstić information content (AvgIpc) is 2.09. The van der Waals surface area contributed by atoms with Crippen molar-refractivity contribution in [3.05, 3.63) is 0 Å². The van der Waals surface area contributed by atoms with Crippen molar-refractivity contribution in [3.8, 4) is 0 Å². The molecule has 2 nitrogen and oxygen atoms in total. The highest BCUT2D eigenvalue weighted by Gasteiger charge is 2.15. The molecule has 0 atom stereocenters. The fourth-order valence-electron chi connectivity index (χ4n) is 1.46. The van der Waals surface area contributed by atoms with Crippen molar-refractivity contribution in [3.63, 3.8) is 0 Å². The first-order valence-corrected chi connectivity index (χ1v) is 5.20. The highest BCUT2D eigenvalue weighted by atomic mass is 35.5. The summed E-state index contributed by atoms with van der Waals surface area (Å²) in [6.07, 6.45) is 2.27. The highest BCUT2D eigenvalue weighted by molar-refractivity contribution is 6.20. The third-order valence-corrected chi connectivity index (χ3v) is 2.71. The van der Waals surface area contributed by atoms with Crippen molar-refractivity contribution in [2.75, 3.05) is 32.8 Å². The van der Waals surface area contributed by atoms with E-state index in [-0.39, 0.29) is 0 Å². The van der Waals surface area contributed by atoms with E-state index in [1.54, 1.807) is 0 Å². The Morgan fingerprint density at radius 2 is 2.08 bits per heavy atom. The number of likely N-dealkylation sites (tertiary alicyclic amines) is 1. The number of rotatable bonds is 4. The number of halogens is 1. The maximum atomic E-state index is 5.99. The number of hydrogen-bond donors (Lipinski definition) is 0. The smallest absolute Gasteiger partial charge is 0.0593 e. The third-order valence-electron chi connectivity index (χ3n) is 2.27. The lowest BCUT2D eigenvalue weighted by Gasteiger charge is -2.28. The topological polar surface area (TPSA) is 12.5 Å². The van der Waals surface area contributed by atoms with Crippen molar-refractivity contribution in [2.24, 2.45) is 0 Å². The number of hydrogen-bond acceptors (Lipinski definition) is 2. The van der Waals surface area contributed by atoms with Crippen LogP contribution < -0.4 is 0 Å². The Morgan fingerprint density at radius 3 is 2.67 bits per heavy atom. The number of ether oxygens (including phenoxy) is 1. The molecular formula is C9H18ClNO. The Morgan fingerprint density at radius 1 is 1.42 bits per heavy atom. The maximum Gasteiger partial charge on any atom is 0.0593 e. The predicted octanol–water partition coefficient (Wildman–Crippen LogP) is 1.73. The van der Waals surface area contributed by atoms with E-state index in [9.17, 15) is 0 Å². The Bertz CT molecular complexity index is 113. The standard InChI is InChI=1S/C9H18ClNO/c1-2-12-8-7-11-5-3-9(10)4-6-11/h9H,2-8H2,1H3. The van der Waals surface area contributed by atoms with Gasteiger partial charge in [-0.15, -0.1) is 11.6 Å². The van der Waals surface area contributed by atoms with Crippen molar-refractivity contribution < 1.29 is 4.74 Å². The van der Waals surface area contributed by atoms with Crippen LogP contribution >= 0.6 is 11.6 Å². The Labute approximate surface area is 79.8 Å². The van der Waals surface area contributed by atoms with Crippen molar-refractivity contribution in [2.45, 2.75) is 25.1 Å². The molecule has 0 radical (unpaired) electrons. The Hall–Kier alpha value is 0.210. The molecule has 1 saturated heterocycles. The second-order valence-electron chi connectivity index (χ2n) is 3.21. The third kappa shape index (κ3) is 3.74. The summed E-state index contributed by atoms with van der Waals surface area (Å²) in [7, 11) is 0. The molecule has 0 N–H and O–H groups in total. The zero-order valence-corrected chi connectivity index (χ0v) is 8.52. The minimum Gasteiger partial charge on any atom is -0.380 e. The van der Waals surface area contributed by atoms with E-state index in [0.29, 0.717) is 5.38 Å². The van der Waals surface area contributed by atoms with Gasteiger partial charge < -0.3 is 9.64 Å². The highest BCUT2D eigenvalue weighted by Crippen LogP contribution is 2.14. The lowest BCUT2D eigenvalue weighted by Crippen LogP contribution is -2.36. The summed E-state index contributed by atoms with van der Waals surface area (Å²) in [6, 6.07) is 0. The SMILES string of the molecule is CCOCCN1CCC(Cl)CC1. The molecule has 12 heavy (non-hydrogen) atoms. The van der Waals surface area contributed by atoms with Crippen LogP contribution in [0, 0.1) is 0 Å². The van der Waals surface area contributed by atoms with Gasteiger partial charge in [0.25, 0.3) is 0 Å². The quantitative estimate of drug-likeness (QED) is 0.496. The van der Waals surface area contributed by atoms with E-state index in [1.807, 2.05) is 6.92 Å². The van der Waals surface area contributed by atoms with Crippen LogP contribution in [0.2, 0.25) is 0 Å². The normalized spacial score (nSPS) is 21.5. The summed E-state index contributed by atoms with van der Waals surface area (Å²) in [5, 5.41) is 0.411. The van der Waals surface area contributed by atoms with Gasteiger partial charge in [-0.05, 0) is 32.9 Å². The van der Waals surface area contributed by atoms with E-state index in [4.69, 9.17) is 16.3 Å². The second kappa shape index (κ2) is 5.79. The molecular weight excluding hydrogens is 174 g/mol. The van der Waals surface area contributed by atoms with E-state index in [1.165, 1.54) is 0 Å². The van der Waals surface area contributed by atoms with Crippen molar-refractivity contribution in [1.29, 1.82) is 0 Å². The summed E-state index contributed by atoms with van der Waals surface area (Å²) >= 11 is 5.99. The zero-order chi connectivity index (χ0) is 8.81. The van der Waals surface area contributed by atoms with Crippen LogP contribution in [0.3, 0.4) is 0 Å². The van der Waals surface area contributed by atoms with Crippen LogP contribution in [0.25, 0.3) is 0 Å². The molecule has 0 aromatic heterocycles. The molecule has 0 aliphatic carbocycles. The van der Waals surface area contributed by atoms with Crippen molar-refractivity contribution in [1.82, 2.24) is 4.90 Å². The molecule has 0 saturated carbocycles. The van der Waals surface area contributed by atoms with Crippen LogP contribution in [-0.4, -0.2) is 43.1 Å². The van der Waals surface area contributed by atoms with Crippen LogP contribution in [0.15, 0.2) is 0 Å². The average molecular weight is 192 g/mol. The van der Waals surface area contributed by atoms with Crippen LogP contribution in [0.4, 0.5) is 0 Å². The fraction of sp³-hybridized carbons (Fsp3) is 1.00. The molecule has 3 heteroatoms. The van der Waals surface area contributed by atoms with Gasteiger partial charge in [-0.2, -0.15) is 0 Å². The minimum atomic E-state index is 0.411. The Balaban J connectivity index is 2.01. The molecule has 0 bridgehead atoms. The first-order valence-electron chi connectivity index (χ1n) is 4.77. The monoisotopic (exact) mass is 191 g/mol. The van der Waals surface area contributed by atoms with Crippen LogP contribution in [-0.2, 0) is 4.74 Å². The van der Waals surface area contributed by atoms with Gasteiger partial charge in [-0.3, -0.25) is 0 Å². The van der Waals surface area contributed by atoms with E-state index < -0.39 is 0 Å². The van der Waals surface area contributed by atoms with Gasteiger partial charge in [0.2, 0.25) is 0 Å². The summed E-state index contributed by atoms with van der Waals surface area (Å²) in [4.78, 5) is 2.43. The van der Waals surface area contributed by atoms with E-state index >= 15 is 0 Å². The largest absolute Gasteiger partial charge is 0.380 e. The summed E-state index contributed by atoms with van der Waals surface area (Å²) in [6.45, 7) is 7.07. The van der Waals surface area contributed by atoms with Crippen LogP contribution in [0.1, 0.15) is 19.8 Å². The predicted molar refractivity (Wildman–Crippen MR) is 51.8 cm³/mol. The lowest BCUT2D eigenvalue weighted by atomic mass is 10.1. The van der Waals surface area contributed by atoms with Gasteiger partial charge in [0.15, 0.2) is 0 Å². The fourth-order valence-corrected chi connectivity index (χ4v) is 1.66. The van der Waals surface area contributed by atoms with Gasteiger partial charge in [0.05, 0.1) is 6.61 Å². The van der Waals surface area contributed by atoms with Gasteiger partial charge >= 0.3 is 0 Å². The van der Waals surface area contributed by atoms with Crippen LogP contribution in [0.5, 0.6) is 0 Å². The second-order valence-corrected chi connectivity index (χ2v) is 3.83. The molecule has 0 aromatic rings. The minimum absolute atomic E-state index is 0.411. The molecule has 0 amide bonds. The number of nitrogens with zero attached hydrogens (tertiary/aromatic N) is 1. The molecule has 72 valence electrons. The zero-order valence-electron chi connectivity index (χ0n) is 7.76. The number of alkyl halides is 1. The first kappa shape index (κ1) is 10.3. The molecule has 0 unspecified atom stereocenters. The Kier molecular flexibility index (Phi) is 4.96. The van der Waals surface area contributed by atoms with Gasteiger partial charge in [0, 0.05) is 18.5 Å². The first-order chi connectivity index (χ1) is 5.83. The summed E-state index contributed by atoms with van der Waals surface area (Å²) in [5.74, 6) is 0. The molecule has 1 fully saturated rings. The molecule has 1 aliphatic rings. The molecule has 1 aliphatic heterocycles. The van der Waals surface area contributed by atoms with E-state index in [2.05, 4.69) is 4.90 Å². The molecule has 0 aromatic carbocycles. The summed E-state index contributed by atoms with van der Waals surface area (Å²) in [5.41, 5.74) is 0. The summed E-state index contributed by atoms with van der Waals surface area (Å²) < 4.78 is 5.29.